The molecule has 0 N–H and O–H groups in total. The molecule has 0 saturated carbocycles. The first kappa shape index (κ1) is 23.1. The van der Waals surface area contributed by atoms with Crippen molar-refractivity contribution in [1.29, 1.82) is 0 Å². The van der Waals surface area contributed by atoms with Crippen LogP contribution in [0.1, 0.15) is 23.6 Å². The van der Waals surface area contributed by atoms with Gasteiger partial charge in [0.25, 0.3) is 0 Å². The van der Waals surface area contributed by atoms with Gasteiger partial charge in [0.05, 0.1) is 0 Å². The van der Waals surface area contributed by atoms with Crippen molar-refractivity contribution in [1.82, 2.24) is 9.97 Å². The minimum Gasteiger partial charge on any atom is -0.433 e. The summed E-state index contributed by atoms with van der Waals surface area (Å²) in [6, 6.07) is 0. The van der Waals surface area contributed by atoms with Crippen LogP contribution in [0.4, 0.5) is 10.3 Å². The second kappa shape index (κ2) is 11.1. The molecule has 0 atom stereocenters. The zero-order valence-electron chi connectivity index (χ0n) is 16.7. The van der Waals surface area contributed by atoms with Crippen LogP contribution in [-0.4, -0.2) is 9.97 Å². The molecule has 7 heteroatoms. The van der Waals surface area contributed by atoms with E-state index in [0.29, 0.717) is 0 Å². The molecule has 0 aliphatic heterocycles. The van der Waals surface area contributed by atoms with E-state index in [1.165, 1.54) is 9.75 Å². The second-order valence-electron chi connectivity index (χ2n) is 6.25. The van der Waals surface area contributed by atoms with Gasteiger partial charge in [-0.2, -0.15) is 22.7 Å². The zero-order chi connectivity index (χ0) is 19.9. The Morgan fingerprint density at radius 1 is 0.690 bits per heavy atom. The van der Waals surface area contributed by atoms with Crippen LogP contribution in [-0.2, 0) is 17.1 Å². The Balaban J connectivity index is 0.000000200. The minimum absolute atomic E-state index is 0. The summed E-state index contributed by atoms with van der Waals surface area (Å²) < 4.78 is 0. The Kier molecular flexibility index (Phi) is 8.86. The minimum atomic E-state index is 0. The molecule has 29 heavy (non-hydrogen) atoms. The molecule has 0 spiro atoms. The average molecular weight is 462 g/mol. The SMILES string of the molecule is CC([N-]c1ncc(C)s1)=C1C=CC=C1.CC([N-]c1ncc(C)s1)=C1C=CC=C1.[Fe+2]. The largest absolute Gasteiger partial charge is 2.00 e. The number of thiazole rings is 2. The normalized spacial score (nSPS) is 13.2. The monoisotopic (exact) mass is 462 g/mol. The van der Waals surface area contributed by atoms with Gasteiger partial charge < -0.3 is 20.6 Å². The standard InChI is InChI=1S/2C11H11N2S.Fe/c2*1-8-7-12-11(14-8)13-9(2)10-5-3-4-6-10;/h2*3-7H,1-2H3;/q2*-1;+2. The van der Waals surface area contributed by atoms with Crippen LogP contribution in [0.15, 0.2) is 83.5 Å². The molecule has 0 radical (unpaired) electrons. The smallest absolute Gasteiger partial charge is 0.433 e. The maximum absolute atomic E-state index is 4.45. The Morgan fingerprint density at radius 2 is 1.03 bits per heavy atom. The molecule has 0 saturated heterocycles. The molecule has 0 aromatic carbocycles. The van der Waals surface area contributed by atoms with Crippen molar-refractivity contribution in [3.8, 4) is 0 Å². The summed E-state index contributed by atoms with van der Waals surface area (Å²) in [7, 11) is 0. The molecule has 4 nitrogen and oxygen atoms in total. The Hall–Kier alpha value is -2.18. The summed E-state index contributed by atoms with van der Waals surface area (Å²) in [6.07, 6.45) is 20.0. The van der Waals surface area contributed by atoms with Gasteiger partial charge in [-0.25, -0.2) is 0 Å². The summed E-state index contributed by atoms with van der Waals surface area (Å²) >= 11 is 3.23. The van der Waals surface area contributed by atoms with Crippen LogP contribution in [0.5, 0.6) is 0 Å². The van der Waals surface area contributed by atoms with Crippen LogP contribution in [0.3, 0.4) is 0 Å². The van der Waals surface area contributed by atoms with Gasteiger partial charge in [-0.15, -0.1) is 0 Å². The molecule has 150 valence electrons. The Bertz CT molecular complexity index is 909. The number of hydrogen-bond donors (Lipinski definition) is 0. The van der Waals surface area contributed by atoms with Crippen molar-refractivity contribution in [2.24, 2.45) is 0 Å². The van der Waals surface area contributed by atoms with Gasteiger partial charge in [0, 0.05) is 0 Å². The van der Waals surface area contributed by atoms with E-state index in [-0.39, 0.29) is 17.1 Å². The fraction of sp³-hybridized carbons (Fsp3) is 0.182. The molecular weight excluding hydrogens is 440 g/mol. The van der Waals surface area contributed by atoms with Crippen molar-refractivity contribution in [3.05, 3.63) is 104 Å². The fourth-order valence-electron chi connectivity index (χ4n) is 2.44. The van der Waals surface area contributed by atoms with E-state index in [2.05, 4.69) is 44.9 Å². The van der Waals surface area contributed by atoms with E-state index < -0.39 is 0 Å². The topological polar surface area (TPSA) is 54.0 Å². The summed E-state index contributed by atoms with van der Waals surface area (Å²) in [5.41, 5.74) is 4.37. The van der Waals surface area contributed by atoms with Gasteiger partial charge in [-0.3, -0.25) is 0 Å². The molecule has 2 aliphatic carbocycles. The third-order valence-corrected chi connectivity index (χ3v) is 5.52. The van der Waals surface area contributed by atoms with E-state index in [1.54, 1.807) is 22.7 Å². The van der Waals surface area contributed by atoms with Crippen LogP contribution in [0.25, 0.3) is 10.6 Å². The van der Waals surface area contributed by atoms with E-state index >= 15 is 0 Å². The second-order valence-corrected chi connectivity index (χ2v) is 8.67. The van der Waals surface area contributed by atoms with Crippen LogP contribution in [0, 0.1) is 13.8 Å². The average Bonchev–Trinajstić information content (AvgIpc) is 3.44. The van der Waals surface area contributed by atoms with Gasteiger partial charge >= 0.3 is 17.1 Å². The molecule has 2 aromatic rings. The first-order valence-corrected chi connectivity index (χ1v) is 10.5. The molecule has 2 aliphatic rings. The van der Waals surface area contributed by atoms with Gasteiger partial charge in [-0.05, 0) is 58.9 Å². The summed E-state index contributed by atoms with van der Waals surface area (Å²) in [6.45, 7) is 8.08. The third kappa shape index (κ3) is 6.98. The summed E-state index contributed by atoms with van der Waals surface area (Å²) in [5.74, 6) is 0. The molecule has 2 heterocycles. The summed E-state index contributed by atoms with van der Waals surface area (Å²) in [4.78, 5) is 10.8. The van der Waals surface area contributed by atoms with Crippen molar-refractivity contribution >= 4 is 32.9 Å². The number of rotatable bonds is 4. The van der Waals surface area contributed by atoms with Crippen molar-refractivity contribution in [2.45, 2.75) is 27.7 Å². The van der Waals surface area contributed by atoms with Gasteiger partial charge in [0.1, 0.15) is 0 Å². The molecule has 0 fully saturated rings. The third-order valence-electron chi connectivity index (χ3n) is 3.91. The number of aryl methyl sites for hydroxylation is 2. The van der Waals surface area contributed by atoms with Crippen molar-refractivity contribution in [2.75, 3.05) is 0 Å². The number of aromatic nitrogens is 2. The molecule has 0 unspecified atom stereocenters. The van der Waals surface area contributed by atoms with Crippen LogP contribution >= 0.6 is 22.7 Å². The van der Waals surface area contributed by atoms with Crippen molar-refractivity contribution in [3.63, 3.8) is 0 Å². The predicted molar refractivity (Wildman–Crippen MR) is 122 cm³/mol. The summed E-state index contributed by atoms with van der Waals surface area (Å²) in [5, 5.41) is 10.6. The first-order chi connectivity index (χ1) is 13.5. The van der Waals surface area contributed by atoms with Crippen molar-refractivity contribution < 1.29 is 17.1 Å². The zero-order valence-corrected chi connectivity index (χ0v) is 19.5. The quantitative estimate of drug-likeness (QED) is 0.437. The molecule has 2 aromatic heterocycles. The van der Waals surface area contributed by atoms with Gasteiger partial charge in [0.2, 0.25) is 0 Å². The first-order valence-electron chi connectivity index (χ1n) is 8.91. The van der Waals surface area contributed by atoms with E-state index in [4.69, 9.17) is 0 Å². The van der Waals surface area contributed by atoms with Crippen LogP contribution in [0.2, 0.25) is 0 Å². The Labute approximate surface area is 191 Å². The molecular formula is C22H22FeN4S2. The number of allylic oxidation sites excluding steroid dienone is 12. The number of hydrogen-bond acceptors (Lipinski definition) is 4. The van der Waals surface area contributed by atoms with E-state index in [0.717, 1.165) is 32.8 Å². The predicted octanol–water partition coefficient (Wildman–Crippen LogP) is 7.71. The Morgan fingerprint density at radius 3 is 1.31 bits per heavy atom. The van der Waals surface area contributed by atoms with Gasteiger partial charge in [-0.1, -0.05) is 72.4 Å². The maximum atomic E-state index is 4.45. The maximum Gasteiger partial charge on any atom is 2.00 e. The number of nitrogens with zero attached hydrogens (tertiary/aromatic N) is 4. The molecule has 4 rings (SSSR count). The van der Waals surface area contributed by atoms with Crippen LogP contribution < -0.4 is 0 Å². The van der Waals surface area contributed by atoms with E-state index in [1.807, 2.05) is 64.4 Å². The van der Waals surface area contributed by atoms with Gasteiger partial charge in [0.15, 0.2) is 0 Å². The fourth-order valence-corrected chi connectivity index (χ4v) is 3.80. The molecule has 0 bridgehead atoms. The molecule has 0 amide bonds. The van der Waals surface area contributed by atoms with E-state index in [9.17, 15) is 0 Å².